The van der Waals surface area contributed by atoms with Crippen molar-refractivity contribution < 1.29 is 9.53 Å². The second-order valence-corrected chi connectivity index (χ2v) is 4.45. The molecule has 1 aliphatic rings. The number of hydrogen-bond acceptors (Lipinski definition) is 3. The molecule has 0 aromatic heterocycles. The van der Waals surface area contributed by atoms with Crippen LogP contribution in [-0.2, 0) is 9.53 Å². The highest BCUT2D eigenvalue weighted by Gasteiger charge is 2.21. The average molecular weight is 228 g/mol. The molecule has 0 aromatic rings. The molecular weight excluding hydrogens is 204 g/mol. The lowest BCUT2D eigenvalue weighted by atomic mass is 9.92. The topological polar surface area (TPSA) is 55.6 Å². The average Bonchev–Trinajstić information content (AvgIpc) is 2.30. The molecule has 1 saturated heterocycles. The standard InChI is InChI=1S/C12H24N2O2/c1-2-3-11-4-7-14(8-5-11)12(15)10-16-9-6-13/h11H,2-10,13H2,1H3. The number of hydrogen-bond donors (Lipinski definition) is 1. The Balaban J connectivity index is 2.17. The molecule has 16 heavy (non-hydrogen) atoms. The number of carbonyl (C=O) groups excluding carboxylic acids is 1. The second kappa shape index (κ2) is 7.63. The van der Waals surface area contributed by atoms with Gasteiger partial charge in [0.15, 0.2) is 0 Å². The molecule has 1 aliphatic heterocycles. The van der Waals surface area contributed by atoms with Crippen LogP contribution in [0.5, 0.6) is 0 Å². The van der Waals surface area contributed by atoms with E-state index in [-0.39, 0.29) is 12.5 Å². The van der Waals surface area contributed by atoms with E-state index in [0.717, 1.165) is 31.8 Å². The van der Waals surface area contributed by atoms with Crippen LogP contribution in [-0.4, -0.2) is 43.7 Å². The van der Waals surface area contributed by atoms with E-state index in [0.29, 0.717) is 13.2 Å². The maximum atomic E-state index is 11.7. The van der Waals surface area contributed by atoms with Crippen molar-refractivity contribution in [2.75, 3.05) is 32.8 Å². The van der Waals surface area contributed by atoms with Crippen LogP contribution in [0.1, 0.15) is 32.6 Å². The number of likely N-dealkylation sites (tertiary alicyclic amines) is 1. The lowest BCUT2D eigenvalue weighted by molar-refractivity contribution is -0.137. The third-order valence-corrected chi connectivity index (χ3v) is 3.15. The molecule has 1 amide bonds. The Bertz CT molecular complexity index is 201. The number of amides is 1. The number of carbonyl (C=O) groups is 1. The van der Waals surface area contributed by atoms with Crippen LogP contribution in [0.25, 0.3) is 0 Å². The van der Waals surface area contributed by atoms with Crippen molar-refractivity contribution in [2.45, 2.75) is 32.6 Å². The number of nitrogens with zero attached hydrogens (tertiary/aromatic N) is 1. The third-order valence-electron chi connectivity index (χ3n) is 3.15. The van der Waals surface area contributed by atoms with Crippen molar-refractivity contribution in [3.63, 3.8) is 0 Å². The molecule has 1 fully saturated rings. The molecule has 4 heteroatoms. The van der Waals surface area contributed by atoms with Gasteiger partial charge in [0.1, 0.15) is 6.61 Å². The van der Waals surface area contributed by atoms with Crippen LogP contribution >= 0.6 is 0 Å². The van der Waals surface area contributed by atoms with E-state index in [1.54, 1.807) is 0 Å². The van der Waals surface area contributed by atoms with E-state index in [1.165, 1.54) is 12.8 Å². The molecule has 0 aromatic carbocycles. The van der Waals surface area contributed by atoms with Crippen molar-refractivity contribution in [3.8, 4) is 0 Å². The summed E-state index contributed by atoms with van der Waals surface area (Å²) in [5.41, 5.74) is 5.29. The zero-order chi connectivity index (χ0) is 11.8. The minimum absolute atomic E-state index is 0.114. The number of nitrogens with two attached hydrogens (primary N) is 1. The summed E-state index contributed by atoms with van der Waals surface area (Å²) in [6.45, 7) is 5.16. The van der Waals surface area contributed by atoms with E-state index in [1.807, 2.05) is 4.90 Å². The van der Waals surface area contributed by atoms with E-state index in [2.05, 4.69) is 6.92 Å². The summed E-state index contributed by atoms with van der Waals surface area (Å²) < 4.78 is 5.16. The van der Waals surface area contributed by atoms with Gasteiger partial charge in [0.25, 0.3) is 0 Å². The zero-order valence-corrected chi connectivity index (χ0v) is 10.3. The van der Waals surface area contributed by atoms with Gasteiger partial charge < -0.3 is 15.4 Å². The minimum atomic E-state index is 0.114. The van der Waals surface area contributed by atoms with Gasteiger partial charge in [-0.2, -0.15) is 0 Å². The summed E-state index contributed by atoms with van der Waals surface area (Å²) >= 11 is 0. The van der Waals surface area contributed by atoms with Crippen molar-refractivity contribution in [1.82, 2.24) is 4.90 Å². The largest absolute Gasteiger partial charge is 0.370 e. The predicted octanol–water partition coefficient (Wildman–Crippen LogP) is 1.00. The van der Waals surface area contributed by atoms with Gasteiger partial charge in [-0.05, 0) is 18.8 Å². The first-order chi connectivity index (χ1) is 7.77. The van der Waals surface area contributed by atoms with Crippen molar-refractivity contribution in [3.05, 3.63) is 0 Å². The van der Waals surface area contributed by atoms with Crippen molar-refractivity contribution in [2.24, 2.45) is 11.7 Å². The highest BCUT2D eigenvalue weighted by molar-refractivity contribution is 5.77. The molecule has 4 nitrogen and oxygen atoms in total. The summed E-state index contributed by atoms with van der Waals surface area (Å²) in [4.78, 5) is 13.6. The Morgan fingerprint density at radius 3 is 2.69 bits per heavy atom. The summed E-state index contributed by atoms with van der Waals surface area (Å²) in [5.74, 6) is 0.933. The van der Waals surface area contributed by atoms with Gasteiger partial charge >= 0.3 is 0 Å². The quantitative estimate of drug-likeness (QED) is 0.690. The van der Waals surface area contributed by atoms with Crippen LogP contribution in [0.4, 0.5) is 0 Å². The fraction of sp³-hybridized carbons (Fsp3) is 0.917. The Hall–Kier alpha value is -0.610. The summed E-state index contributed by atoms with van der Waals surface area (Å²) in [6, 6.07) is 0. The summed E-state index contributed by atoms with van der Waals surface area (Å²) in [5, 5.41) is 0. The SMILES string of the molecule is CCCC1CCN(C(=O)COCCN)CC1. The highest BCUT2D eigenvalue weighted by Crippen LogP contribution is 2.21. The number of piperidine rings is 1. The molecule has 0 bridgehead atoms. The molecule has 0 saturated carbocycles. The van der Waals surface area contributed by atoms with Gasteiger partial charge in [-0.3, -0.25) is 4.79 Å². The van der Waals surface area contributed by atoms with E-state index in [9.17, 15) is 4.79 Å². The predicted molar refractivity (Wildman–Crippen MR) is 64.1 cm³/mol. The molecular formula is C12H24N2O2. The van der Waals surface area contributed by atoms with Gasteiger partial charge in [-0.1, -0.05) is 19.8 Å². The van der Waals surface area contributed by atoms with Crippen LogP contribution in [0.3, 0.4) is 0 Å². The molecule has 1 rings (SSSR count). The zero-order valence-electron chi connectivity index (χ0n) is 10.3. The molecule has 94 valence electrons. The molecule has 0 radical (unpaired) electrons. The molecule has 2 N–H and O–H groups in total. The number of ether oxygens (including phenoxy) is 1. The fourth-order valence-electron chi connectivity index (χ4n) is 2.21. The first-order valence-corrected chi connectivity index (χ1v) is 6.33. The van der Waals surface area contributed by atoms with Gasteiger partial charge in [0.05, 0.1) is 6.61 Å². The maximum absolute atomic E-state index is 11.7. The number of rotatable bonds is 6. The van der Waals surface area contributed by atoms with Crippen LogP contribution in [0.15, 0.2) is 0 Å². The van der Waals surface area contributed by atoms with Gasteiger partial charge in [0.2, 0.25) is 5.91 Å². The Labute approximate surface area is 98.1 Å². The fourth-order valence-corrected chi connectivity index (χ4v) is 2.21. The Morgan fingerprint density at radius 2 is 2.12 bits per heavy atom. The molecule has 1 heterocycles. The second-order valence-electron chi connectivity index (χ2n) is 4.45. The van der Waals surface area contributed by atoms with Crippen LogP contribution in [0.2, 0.25) is 0 Å². The van der Waals surface area contributed by atoms with Crippen molar-refractivity contribution >= 4 is 5.91 Å². The first kappa shape index (κ1) is 13.5. The monoisotopic (exact) mass is 228 g/mol. The molecule has 0 aliphatic carbocycles. The van der Waals surface area contributed by atoms with Gasteiger partial charge in [0, 0.05) is 19.6 Å². The van der Waals surface area contributed by atoms with Crippen molar-refractivity contribution in [1.29, 1.82) is 0 Å². The van der Waals surface area contributed by atoms with Crippen LogP contribution < -0.4 is 5.73 Å². The van der Waals surface area contributed by atoms with E-state index < -0.39 is 0 Å². The Kier molecular flexibility index (Phi) is 6.42. The smallest absolute Gasteiger partial charge is 0.248 e. The van der Waals surface area contributed by atoms with Gasteiger partial charge in [-0.25, -0.2) is 0 Å². The molecule has 0 unspecified atom stereocenters. The summed E-state index contributed by atoms with van der Waals surface area (Å²) in [6.07, 6.45) is 4.84. The van der Waals surface area contributed by atoms with Gasteiger partial charge in [-0.15, -0.1) is 0 Å². The lowest BCUT2D eigenvalue weighted by Crippen LogP contribution is -2.40. The van der Waals surface area contributed by atoms with Crippen LogP contribution in [0, 0.1) is 5.92 Å². The first-order valence-electron chi connectivity index (χ1n) is 6.33. The maximum Gasteiger partial charge on any atom is 0.248 e. The van der Waals surface area contributed by atoms with E-state index in [4.69, 9.17) is 10.5 Å². The normalized spacial score (nSPS) is 17.8. The van der Waals surface area contributed by atoms with E-state index >= 15 is 0 Å². The minimum Gasteiger partial charge on any atom is -0.370 e. The Morgan fingerprint density at radius 1 is 1.44 bits per heavy atom. The lowest BCUT2D eigenvalue weighted by Gasteiger charge is -2.31. The molecule has 0 spiro atoms. The third kappa shape index (κ3) is 4.49. The molecule has 0 atom stereocenters. The summed E-state index contributed by atoms with van der Waals surface area (Å²) in [7, 11) is 0. The highest BCUT2D eigenvalue weighted by atomic mass is 16.5.